The fourth-order valence-corrected chi connectivity index (χ4v) is 3.77. The first-order valence-electron chi connectivity index (χ1n) is 9.86. The molecule has 4 rings (SSSR count). The molecule has 1 unspecified atom stereocenters. The van der Waals surface area contributed by atoms with Crippen molar-refractivity contribution in [3.05, 3.63) is 95.3 Å². The maximum Gasteiger partial charge on any atom is 0.252 e. The second kappa shape index (κ2) is 8.27. The van der Waals surface area contributed by atoms with Crippen LogP contribution in [0.4, 0.5) is 5.69 Å². The molecule has 1 N–H and O–H groups in total. The van der Waals surface area contributed by atoms with E-state index in [1.165, 1.54) is 0 Å². The molecule has 1 aliphatic rings. The maximum atomic E-state index is 13.1. The van der Waals surface area contributed by atoms with Gasteiger partial charge in [-0.3, -0.25) is 14.6 Å². The van der Waals surface area contributed by atoms with Crippen LogP contribution in [0.5, 0.6) is 0 Å². The van der Waals surface area contributed by atoms with Gasteiger partial charge in [-0.25, -0.2) is 0 Å². The predicted molar refractivity (Wildman–Crippen MR) is 113 cm³/mol. The minimum absolute atomic E-state index is 0.114. The molecule has 1 aliphatic heterocycles. The molecule has 3 aromatic rings. The van der Waals surface area contributed by atoms with Gasteiger partial charge < -0.3 is 10.2 Å². The summed E-state index contributed by atoms with van der Waals surface area (Å²) in [7, 11) is 0. The van der Waals surface area contributed by atoms with Crippen LogP contribution >= 0.6 is 0 Å². The van der Waals surface area contributed by atoms with Crippen LogP contribution < -0.4 is 10.2 Å². The van der Waals surface area contributed by atoms with Gasteiger partial charge in [0, 0.05) is 36.6 Å². The maximum absolute atomic E-state index is 13.1. The van der Waals surface area contributed by atoms with Crippen molar-refractivity contribution in [2.75, 3.05) is 11.4 Å². The van der Waals surface area contributed by atoms with Crippen LogP contribution in [-0.4, -0.2) is 23.3 Å². The lowest BCUT2D eigenvalue weighted by Crippen LogP contribution is -2.29. The molecule has 0 radical (unpaired) electrons. The van der Waals surface area contributed by atoms with E-state index in [9.17, 15) is 9.59 Å². The molecule has 0 saturated heterocycles. The van der Waals surface area contributed by atoms with E-state index in [0.717, 1.165) is 28.8 Å². The number of amides is 2. The van der Waals surface area contributed by atoms with Crippen LogP contribution in [0.3, 0.4) is 0 Å². The third-order valence-electron chi connectivity index (χ3n) is 5.29. The Hall–Kier alpha value is -3.47. The molecule has 0 fully saturated rings. The van der Waals surface area contributed by atoms with E-state index in [1.807, 2.05) is 61.5 Å². The molecular formula is C24H23N3O2. The summed E-state index contributed by atoms with van der Waals surface area (Å²) in [5.41, 5.74) is 4.54. The Kier molecular flexibility index (Phi) is 5.38. The highest BCUT2D eigenvalue weighted by Crippen LogP contribution is 2.30. The zero-order valence-corrected chi connectivity index (χ0v) is 16.3. The molecule has 0 spiro atoms. The Labute approximate surface area is 170 Å². The van der Waals surface area contributed by atoms with Crippen LogP contribution in [0.25, 0.3) is 0 Å². The van der Waals surface area contributed by atoms with E-state index in [1.54, 1.807) is 23.4 Å². The Balaban J connectivity index is 1.60. The van der Waals surface area contributed by atoms with E-state index in [-0.39, 0.29) is 17.9 Å². The SMILES string of the molecule is CCC(=O)N1CCc2cc(C(=O)NC(c3ccccc3)c3ccncc3)ccc21. The van der Waals surface area contributed by atoms with Crippen molar-refractivity contribution in [1.82, 2.24) is 10.3 Å². The van der Waals surface area contributed by atoms with Gasteiger partial charge in [-0.1, -0.05) is 37.3 Å². The van der Waals surface area contributed by atoms with E-state index >= 15 is 0 Å². The lowest BCUT2D eigenvalue weighted by atomic mass is 9.99. The number of nitrogens with zero attached hydrogens (tertiary/aromatic N) is 2. The van der Waals surface area contributed by atoms with Gasteiger partial charge in [0.1, 0.15) is 0 Å². The van der Waals surface area contributed by atoms with Crippen molar-refractivity contribution in [2.24, 2.45) is 0 Å². The van der Waals surface area contributed by atoms with E-state index in [2.05, 4.69) is 10.3 Å². The topological polar surface area (TPSA) is 62.3 Å². The predicted octanol–water partition coefficient (Wildman–Crippen LogP) is 3.90. The number of nitrogens with one attached hydrogen (secondary N) is 1. The average Bonchev–Trinajstić information content (AvgIpc) is 3.21. The molecule has 0 bridgehead atoms. The quantitative estimate of drug-likeness (QED) is 0.725. The lowest BCUT2D eigenvalue weighted by Gasteiger charge is -2.20. The van der Waals surface area contributed by atoms with Crippen molar-refractivity contribution < 1.29 is 9.59 Å². The highest BCUT2D eigenvalue weighted by atomic mass is 16.2. The van der Waals surface area contributed by atoms with Crippen molar-refractivity contribution in [3.63, 3.8) is 0 Å². The van der Waals surface area contributed by atoms with Crippen molar-refractivity contribution in [1.29, 1.82) is 0 Å². The molecule has 29 heavy (non-hydrogen) atoms. The molecule has 2 amide bonds. The molecule has 0 saturated carbocycles. The summed E-state index contributed by atoms with van der Waals surface area (Å²) < 4.78 is 0. The van der Waals surface area contributed by atoms with Crippen LogP contribution in [0.2, 0.25) is 0 Å². The number of benzene rings is 2. The van der Waals surface area contributed by atoms with Gasteiger partial charge in [0.15, 0.2) is 0 Å². The van der Waals surface area contributed by atoms with E-state index < -0.39 is 0 Å². The number of carbonyl (C=O) groups excluding carboxylic acids is 2. The number of carbonyl (C=O) groups is 2. The van der Waals surface area contributed by atoms with Crippen molar-refractivity contribution in [3.8, 4) is 0 Å². The van der Waals surface area contributed by atoms with Gasteiger partial charge in [0.2, 0.25) is 5.91 Å². The first-order valence-corrected chi connectivity index (χ1v) is 9.86. The number of anilines is 1. The number of hydrogen-bond donors (Lipinski definition) is 1. The highest BCUT2D eigenvalue weighted by molar-refractivity contribution is 5.98. The molecule has 0 aliphatic carbocycles. The third-order valence-corrected chi connectivity index (χ3v) is 5.29. The van der Waals surface area contributed by atoms with Crippen LogP contribution in [0, 0.1) is 0 Å². The Morgan fingerprint density at radius 3 is 2.48 bits per heavy atom. The van der Waals surface area contributed by atoms with Gasteiger partial charge in [0.05, 0.1) is 6.04 Å². The standard InChI is InChI=1S/C24H23N3O2/c1-2-22(28)27-15-12-19-16-20(8-9-21(19)27)24(29)26-23(17-6-4-3-5-7-17)18-10-13-25-14-11-18/h3-11,13-14,16,23H,2,12,15H2,1H3,(H,26,29). The second-order valence-corrected chi connectivity index (χ2v) is 7.09. The number of aromatic nitrogens is 1. The molecule has 2 heterocycles. The molecule has 1 aromatic heterocycles. The van der Waals surface area contributed by atoms with E-state index in [0.29, 0.717) is 18.5 Å². The smallest absolute Gasteiger partial charge is 0.252 e. The molecule has 2 aromatic carbocycles. The summed E-state index contributed by atoms with van der Waals surface area (Å²) in [5, 5.41) is 3.15. The van der Waals surface area contributed by atoms with E-state index in [4.69, 9.17) is 0 Å². The number of fused-ring (bicyclic) bond motifs is 1. The Morgan fingerprint density at radius 1 is 1.03 bits per heavy atom. The minimum atomic E-state index is -0.266. The minimum Gasteiger partial charge on any atom is -0.341 e. The number of pyridine rings is 1. The van der Waals surface area contributed by atoms with Crippen molar-refractivity contribution >= 4 is 17.5 Å². The summed E-state index contributed by atoms with van der Waals surface area (Å²) in [6.07, 6.45) is 4.71. The average molecular weight is 385 g/mol. The Morgan fingerprint density at radius 2 is 1.76 bits per heavy atom. The molecule has 5 heteroatoms. The van der Waals surface area contributed by atoms with Gasteiger partial charge in [-0.2, -0.15) is 0 Å². The van der Waals surface area contributed by atoms with Gasteiger partial charge in [-0.05, 0) is 53.4 Å². The van der Waals surface area contributed by atoms with Crippen LogP contribution in [0.15, 0.2) is 73.1 Å². The highest BCUT2D eigenvalue weighted by Gasteiger charge is 2.25. The zero-order chi connectivity index (χ0) is 20.2. The van der Waals surface area contributed by atoms with Crippen molar-refractivity contribution in [2.45, 2.75) is 25.8 Å². The zero-order valence-electron chi connectivity index (χ0n) is 16.3. The largest absolute Gasteiger partial charge is 0.341 e. The normalized spacial score (nSPS) is 13.6. The lowest BCUT2D eigenvalue weighted by molar-refractivity contribution is -0.118. The van der Waals surface area contributed by atoms with Gasteiger partial charge >= 0.3 is 0 Å². The van der Waals surface area contributed by atoms with Gasteiger partial charge in [0.25, 0.3) is 5.91 Å². The molecule has 5 nitrogen and oxygen atoms in total. The fraction of sp³-hybridized carbons (Fsp3) is 0.208. The second-order valence-electron chi connectivity index (χ2n) is 7.09. The summed E-state index contributed by atoms with van der Waals surface area (Å²) >= 11 is 0. The summed E-state index contributed by atoms with van der Waals surface area (Å²) in [6, 6.07) is 19.0. The number of rotatable bonds is 5. The van der Waals surface area contributed by atoms with Crippen LogP contribution in [-0.2, 0) is 11.2 Å². The monoisotopic (exact) mass is 385 g/mol. The summed E-state index contributed by atoms with van der Waals surface area (Å²) in [4.78, 5) is 31.1. The van der Waals surface area contributed by atoms with Gasteiger partial charge in [-0.15, -0.1) is 0 Å². The third kappa shape index (κ3) is 3.90. The number of hydrogen-bond acceptors (Lipinski definition) is 3. The fourth-order valence-electron chi connectivity index (χ4n) is 3.77. The summed E-state index contributed by atoms with van der Waals surface area (Å²) in [5.74, 6) is -0.0264. The Bertz CT molecular complexity index is 979. The molecule has 146 valence electrons. The van der Waals surface area contributed by atoms with Crippen LogP contribution in [0.1, 0.15) is 46.4 Å². The summed E-state index contributed by atoms with van der Waals surface area (Å²) in [6.45, 7) is 2.54. The first-order chi connectivity index (χ1) is 14.2. The first kappa shape index (κ1) is 18.9. The molecule has 1 atom stereocenters. The molecular weight excluding hydrogens is 362 g/mol.